The van der Waals surface area contributed by atoms with Crippen molar-refractivity contribution >= 4 is 38.8 Å². The summed E-state index contributed by atoms with van der Waals surface area (Å²) in [5, 5.41) is 3.73. The lowest BCUT2D eigenvalue weighted by atomic mass is 10.2. The van der Waals surface area contributed by atoms with E-state index in [0.717, 1.165) is 52.9 Å². The van der Waals surface area contributed by atoms with Crippen LogP contribution >= 0.6 is 11.3 Å². The Kier molecular flexibility index (Phi) is 5.62. The van der Waals surface area contributed by atoms with Crippen molar-refractivity contribution in [2.24, 2.45) is 0 Å². The molecule has 1 aliphatic heterocycles. The number of nitrogens with one attached hydrogen (secondary N) is 1. The van der Waals surface area contributed by atoms with Crippen LogP contribution in [0.25, 0.3) is 10.2 Å². The molecule has 0 spiro atoms. The Morgan fingerprint density at radius 3 is 2.70 bits per heavy atom. The van der Waals surface area contributed by atoms with E-state index in [-0.39, 0.29) is 12.5 Å². The minimum absolute atomic E-state index is 0.00113. The van der Waals surface area contributed by atoms with E-state index in [1.807, 2.05) is 48.5 Å². The largest absolute Gasteiger partial charge is 0.378 e. The van der Waals surface area contributed by atoms with Gasteiger partial charge in [0.25, 0.3) is 0 Å². The molecule has 7 heteroatoms. The number of aromatic nitrogens is 1. The zero-order chi connectivity index (χ0) is 18.5. The highest BCUT2D eigenvalue weighted by Gasteiger charge is 2.11. The van der Waals surface area contributed by atoms with Gasteiger partial charge in [-0.15, -0.1) is 11.3 Å². The third kappa shape index (κ3) is 4.63. The average Bonchev–Trinajstić information content (AvgIpc) is 3.12. The summed E-state index contributed by atoms with van der Waals surface area (Å²) in [6, 6.07) is 15.8. The number of fused-ring (bicyclic) bond motifs is 1. The fourth-order valence-electron chi connectivity index (χ4n) is 2.99. The molecule has 0 atom stereocenters. The molecule has 1 amide bonds. The quantitative estimate of drug-likeness (QED) is 0.708. The van der Waals surface area contributed by atoms with E-state index in [0.29, 0.717) is 6.61 Å². The van der Waals surface area contributed by atoms with E-state index in [2.05, 4.69) is 15.2 Å². The molecule has 6 nitrogen and oxygen atoms in total. The van der Waals surface area contributed by atoms with Crippen molar-refractivity contribution in [3.05, 3.63) is 53.5 Å². The van der Waals surface area contributed by atoms with Crippen LogP contribution in [0.15, 0.2) is 48.5 Å². The van der Waals surface area contributed by atoms with Crippen LogP contribution in [0.2, 0.25) is 0 Å². The average molecular weight is 383 g/mol. The van der Waals surface area contributed by atoms with Crippen molar-refractivity contribution in [3.63, 3.8) is 0 Å². The van der Waals surface area contributed by atoms with Crippen molar-refractivity contribution in [1.29, 1.82) is 0 Å². The summed E-state index contributed by atoms with van der Waals surface area (Å²) in [6.45, 7) is 3.63. The lowest BCUT2D eigenvalue weighted by Crippen LogP contribution is -2.36. The van der Waals surface area contributed by atoms with E-state index in [4.69, 9.17) is 9.47 Å². The highest BCUT2D eigenvalue weighted by Crippen LogP contribution is 2.22. The number of hydrogen-bond acceptors (Lipinski definition) is 6. The third-order valence-electron chi connectivity index (χ3n) is 4.32. The summed E-state index contributed by atoms with van der Waals surface area (Å²) in [4.78, 5) is 18.9. The monoisotopic (exact) mass is 383 g/mol. The number of carbonyl (C=O) groups is 1. The second kappa shape index (κ2) is 8.47. The van der Waals surface area contributed by atoms with E-state index in [1.165, 1.54) is 0 Å². The van der Waals surface area contributed by atoms with E-state index < -0.39 is 0 Å². The minimum atomic E-state index is -0.171. The molecule has 0 bridgehead atoms. The lowest BCUT2D eigenvalue weighted by Gasteiger charge is -2.28. The predicted octanol–water partition coefficient (Wildman–Crippen LogP) is 3.29. The van der Waals surface area contributed by atoms with Gasteiger partial charge in [0, 0.05) is 24.5 Å². The van der Waals surface area contributed by atoms with Gasteiger partial charge in [0.05, 0.1) is 30.0 Å². The van der Waals surface area contributed by atoms with Gasteiger partial charge in [0.15, 0.2) is 0 Å². The number of amides is 1. The van der Waals surface area contributed by atoms with Crippen LogP contribution in [0.5, 0.6) is 0 Å². The predicted molar refractivity (Wildman–Crippen MR) is 107 cm³/mol. The van der Waals surface area contributed by atoms with Crippen molar-refractivity contribution in [2.75, 3.05) is 43.1 Å². The lowest BCUT2D eigenvalue weighted by molar-refractivity contribution is -0.121. The number of ether oxygens (including phenoxy) is 2. The molecule has 1 aliphatic rings. The Hall–Kier alpha value is -2.48. The Bertz CT molecular complexity index is 871. The summed E-state index contributed by atoms with van der Waals surface area (Å²) in [7, 11) is 0. The van der Waals surface area contributed by atoms with Crippen molar-refractivity contribution in [2.45, 2.75) is 6.61 Å². The van der Waals surface area contributed by atoms with Gasteiger partial charge in [0.2, 0.25) is 5.91 Å². The molecule has 0 unspecified atom stereocenters. The van der Waals surface area contributed by atoms with Crippen LogP contribution in [-0.4, -0.2) is 43.8 Å². The topological polar surface area (TPSA) is 63.7 Å². The Morgan fingerprint density at radius 2 is 1.93 bits per heavy atom. The van der Waals surface area contributed by atoms with Crippen molar-refractivity contribution in [3.8, 4) is 0 Å². The number of anilines is 2. The van der Waals surface area contributed by atoms with Gasteiger partial charge >= 0.3 is 0 Å². The molecule has 2 heterocycles. The molecule has 0 saturated carbocycles. The van der Waals surface area contributed by atoms with Gasteiger partial charge in [-0.2, -0.15) is 0 Å². The maximum absolute atomic E-state index is 12.1. The Balaban J connectivity index is 1.25. The molecule has 1 N–H and O–H groups in total. The molecule has 27 heavy (non-hydrogen) atoms. The summed E-state index contributed by atoms with van der Waals surface area (Å²) < 4.78 is 12.0. The zero-order valence-corrected chi connectivity index (χ0v) is 15.7. The second-order valence-electron chi connectivity index (χ2n) is 6.26. The summed E-state index contributed by atoms with van der Waals surface area (Å²) in [5.41, 5.74) is 2.87. The van der Waals surface area contributed by atoms with Crippen molar-refractivity contribution < 1.29 is 14.3 Å². The first kappa shape index (κ1) is 17.9. The number of morpholine rings is 1. The van der Waals surface area contributed by atoms with Gasteiger partial charge in [-0.05, 0) is 36.4 Å². The standard InChI is InChI=1S/C20H21N3O3S/c24-19(13-26-14-20-22-17-3-1-2-4-18(17)27-20)21-15-5-7-16(8-6-15)23-9-11-25-12-10-23/h1-8H,9-14H2,(H,21,24). The first-order valence-electron chi connectivity index (χ1n) is 8.93. The van der Waals surface area contributed by atoms with Crippen LogP contribution in [0.4, 0.5) is 11.4 Å². The number of benzene rings is 2. The zero-order valence-electron chi connectivity index (χ0n) is 14.9. The van der Waals surface area contributed by atoms with Crippen LogP contribution in [0, 0.1) is 0 Å². The molecule has 140 valence electrons. The second-order valence-corrected chi connectivity index (χ2v) is 7.38. The van der Waals surface area contributed by atoms with Gasteiger partial charge in [-0.1, -0.05) is 12.1 Å². The number of thiazole rings is 1. The smallest absolute Gasteiger partial charge is 0.250 e. The first-order chi connectivity index (χ1) is 13.3. The normalized spacial score (nSPS) is 14.4. The molecule has 4 rings (SSSR count). The summed E-state index contributed by atoms with van der Waals surface area (Å²) in [6.07, 6.45) is 0. The van der Waals surface area contributed by atoms with E-state index in [9.17, 15) is 4.79 Å². The molecular weight excluding hydrogens is 362 g/mol. The number of para-hydroxylation sites is 1. The number of carbonyl (C=O) groups excluding carboxylic acids is 1. The molecule has 0 aliphatic carbocycles. The molecule has 1 fully saturated rings. The fourth-order valence-corrected chi connectivity index (χ4v) is 3.89. The molecule has 2 aromatic carbocycles. The van der Waals surface area contributed by atoms with Crippen LogP contribution in [0.1, 0.15) is 5.01 Å². The number of nitrogens with zero attached hydrogens (tertiary/aromatic N) is 2. The minimum Gasteiger partial charge on any atom is -0.378 e. The van der Waals surface area contributed by atoms with Crippen molar-refractivity contribution in [1.82, 2.24) is 4.98 Å². The Morgan fingerprint density at radius 1 is 1.15 bits per heavy atom. The maximum Gasteiger partial charge on any atom is 0.250 e. The number of rotatable bonds is 6. The Labute approximate surface area is 161 Å². The molecule has 1 aromatic heterocycles. The summed E-state index contributed by atoms with van der Waals surface area (Å²) in [5.74, 6) is -0.171. The van der Waals surface area contributed by atoms with E-state index >= 15 is 0 Å². The van der Waals surface area contributed by atoms with Gasteiger partial charge < -0.3 is 19.7 Å². The third-order valence-corrected chi connectivity index (χ3v) is 5.33. The molecular formula is C20H21N3O3S. The maximum atomic E-state index is 12.1. The molecule has 0 radical (unpaired) electrons. The van der Waals surface area contributed by atoms with Crippen LogP contribution < -0.4 is 10.2 Å². The number of hydrogen-bond donors (Lipinski definition) is 1. The highest BCUT2D eigenvalue weighted by atomic mass is 32.1. The highest BCUT2D eigenvalue weighted by molar-refractivity contribution is 7.18. The van der Waals surface area contributed by atoms with Crippen LogP contribution in [-0.2, 0) is 20.9 Å². The first-order valence-corrected chi connectivity index (χ1v) is 9.74. The van der Waals surface area contributed by atoms with Gasteiger partial charge in [0.1, 0.15) is 11.6 Å². The van der Waals surface area contributed by atoms with Gasteiger partial charge in [-0.25, -0.2) is 4.98 Å². The van der Waals surface area contributed by atoms with E-state index in [1.54, 1.807) is 11.3 Å². The fraction of sp³-hybridized carbons (Fsp3) is 0.300. The van der Waals surface area contributed by atoms with Crippen LogP contribution in [0.3, 0.4) is 0 Å². The van der Waals surface area contributed by atoms with Gasteiger partial charge in [-0.3, -0.25) is 4.79 Å². The summed E-state index contributed by atoms with van der Waals surface area (Å²) >= 11 is 1.59. The molecule has 1 saturated heterocycles. The SMILES string of the molecule is O=C(COCc1nc2ccccc2s1)Nc1ccc(N2CCOCC2)cc1. The molecule has 3 aromatic rings.